The Hall–Kier alpha value is -1.30. The van der Waals surface area contributed by atoms with Gasteiger partial charge in [0.05, 0.1) is 6.54 Å². The standard InChI is InChI=1S/C13H24N2O4/c1-9-10(6-5-7-15(9)12(17)18)14-8-11(16)19-13(2,3)4/h9-10,14H,5-8H2,1-4H3,(H,17,18). The lowest BCUT2D eigenvalue weighted by Gasteiger charge is -2.38. The molecule has 6 heteroatoms. The van der Waals surface area contributed by atoms with Crippen molar-refractivity contribution >= 4 is 12.1 Å². The van der Waals surface area contributed by atoms with Crippen molar-refractivity contribution in [1.29, 1.82) is 0 Å². The van der Waals surface area contributed by atoms with Crippen LogP contribution in [0.3, 0.4) is 0 Å². The Balaban J connectivity index is 2.44. The quantitative estimate of drug-likeness (QED) is 0.760. The van der Waals surface area contributed by atoms with Gasteiger partial charge < -0.3 is 20.1 Å². The molecule has 0 aliphatic carbocycles. The van der Waals surface area contributed by atoms with Crippen molar-refractivity contribution in [1.82, 2.24) is 10.2 Å². The average molecular weight is 272 g/mol. The number of hydrogen-bond donors (Lipinski definition) is 2. The first-order chi connectivity index (χ1) is 8.70. The highest BCUT2D eigenvalue weighted by Gasteiger charge is 2.31. The van der Waals surface area contributed by atoms with Crippen molar-refractivity contribution < 1.29 is 19.4 Å². The van der Waals surface area contributed by atoms with Crippen LogP contribution in [-0.2, 0) is 9.53 Å². The number of amides is 1. The maximum atomic E-state index is 11.6. The molecule has 2 N–H and O–H groups in total. The van der Waals surface area contributed by atoms with Gasteiger partial charge in [0.1, 0.15) is 5.60 Å². The topological polar surface area (TPSA) is 78.9 Å². The minimum Gasteiger partial charge on any atom is -0.465 e. The predicted octanol–water partition coefficient (Wildman–Crippen LogP) is 1.45. The summed E-state index contributed by atoms with van der Waals surface area (Å²) in [4.78, 5) is 24.1. The van der Waals surface area contributed by atoms with Gasteiger partial charge in [0, 0.05) is 18.6 Å². The van der Waals surface area contributed by atoms with Crippen molar-refractivity contribution in [2.24, 2.45) is 0 Å². The molecule has 1 heterocycles. The Morgan fingerprint density at radius 2 is 2.05 bits per heavy atom. The van der Waals surface area contributed by atoms with Gasteiger partial charge in [-0.3, -0.25) is 4.79 Å². The molecule has 1 saturated heterocycles. The SMILES string of the molecule is CC1C(NCC(=O)OC(C)(C)C)CCCN1C(=O)O. The number of carbonyl (C=O) groups excluding carboxylic acids is 1. The van der Waals surface area contributed by atoms with Crippen molar-refractivity contribution in [2.75, 3.05) is 13.1 Å². The molecule has 2 unspecified atom stereocenters. The number of rotatable bonds is 3. The second-order valence-corrected chi connectivity index (χ2v) is 5.93. The molecule has 1 fully saturated rings. The number of piperidine rings is 1. The number of carbonyl (C=O) groups is 2. The maximum Gasteiger partial charge on any atom is 0.407 e. The van der Waals surface area contributed by atoms with Gasteiger partial charge in [-0.15, -0.1) is 0 Å². The summed E-state index contributed by atoms with van der Waals surface area (Å²) in [7, 11) is 0. The maximum absolute atomic E-state index is 11.6. The fourth-order valence-electron chi connectivity index (χ4n) is 2.28. The molecule has 0 radical (unpaired) electrons. The highest BCUT2D eigenvalue weighted by molar-refractivity contribution is 5.72. The van der Waals surface area contributed by atoms with Crippen LogP contribution in [0.2, 0.25) is 0 Å². The Bertz CT molecular complexity index is 338. The Morgan fingerprint density at radius 1 is 1.42 bits per heavy atom. The smallest absolute Gasteiger partial charge is 0.407 e. The van der Waals surface area contributed by atoms with E-state index in [1.165, 1.54) is 4.90 Å². The minimum atomic E-state index is -0.906. The molecule has 19 heavy (non-hydrogen) atoms. The summed E-state index contributed by atoms with van der Waals surface area (Å²) in [5, 5.41) is 12.2. The zero-order valence-corrected chi connectivity index (χ0v) is 12.1. The largest absolute Gasteiger partial charge is 0.465 e. The van der Waals surface area contributed by atoms with E-state index in [1.807, 2.05) is 27.7 Å². The lowest BCUT2D eigenvalue weighted by Crippen LogP contribution is -2.55. The third kappa shape index (κ3) is 5.06. The summed E-state index contributed by atoms with van der Waals surface area (Å²) in [6, 6.07) is -0.133. The molecule has 0 bridgehead atoms. The van der Waals surface area contributed by atoms with Crippen LogP contribution in [0.5, 0.6) is 0 Å². The van der Waals surface area contributed by atoms with E-state index in [-0.39, 0.29) is 24.6 Å². The van der Waals surface area contributed by atoms with Crippen molar-refractivity contribution in [3.8, 4) is 0 Å². The number of esters is 1. The van der Waals surface area contributed by atoms with Crippen molar-refractivity contribution in [3.05, 3.63) is 0 Å². The highest BCUT2D eigenvalue weighted by atomic mass is 16.6. The first-order valence-corrected chi connectivity index (χ1v) is 6.65. The Kier molecular flexibility index (Phi) is 5.17. The molecule has 0 spiro atoms. The molecule has 0 aromatic rings. The van der Waals surface area contributed by atoms with E-state index in [9.17, 15) is 9.59 Å². The van der Waals surface area contributed by atoms with Crippen molar-refractivity contribution in [2.45, 2.75) is 58.2 Å². The molecule has 110 valence electrons. The molecule has 1 aliphatic rings. The lowest BCUT2D eigenvalue weighted by molar-refractivity contribution is -0.153. The number of nitrogens with one attached hydrogen (secondary N) is 1. The highest BCUT2D eigenvalue weighted by Crippen LogP contribution is 2.17. The van der Waals surface area contributed by atoms with Crippen LogP contribution in [0.25, 0.3) is 0 Å². The van der Waals surface area contributed by atoms with Crippen LogP contribution in [0, 0.1) is 0 Å². The van der Waals surface area contributed by atoms with Crippen LogP contribution in [0.4, 0.5) is 4.79 Å². The van der Waals surface area contributed by atoms with E-state index in [0.29, 0.717) is 6.54 Å². The fourth-order valence-corrected chi connectivity index (χ4v) is 2.28. The number of likely N-dealkylation sites (tertiary alicyclic amines) is 1. The van der Waals surface area contributed by atoms with E-state index in [2.05, 4.69) is 5.32 Å². The Morgan fingerprint density at radius 3 is 2.58 bits per heavy atom. The van der Waals surface area contributed by atoms with E-state index < -0.39 is 11.7 Å². The molecule has 6 nitrogen and oxygen atoms in total. The minimum absolute atomic E-state index is 0.00244. The third-order valence-corrected chi connectivity index (χ3v) is 3.16. The Labute approximate surface area is 114 Å². The van der Waals surface area contributed by atoms with Gasteiger partial charge in [-0.05, 0) is 40.5 Å². The zero-order valence-electron chi connectivity index (χ0n) is 12.1. The number of nitrogens with zero attached hydrogens (tertiary/aromatic N) is 1. The summed E-state index contributed by atoms with van der Waals surface area (Å²) in [6.45, 7) is 7.99. The van der Waals surface area contributed by atoms with Gasteiger partial charge in [-0.1, -0.05) is 0 Å². The molecule has 2 atom stereocenters. The zero-order chi connectivity index (χ0) is 14.6. The van der Waals surface area contributed by atoms with Crippen molar-refractivity contribution in [3.63, 3.8) is 0 Å². The molecule has 1 aliphatic heterocycles. The van der Waals surface area contributed by atoms with Gasteiger partial charge in [0.15, 0.2) is 0 Å². The molecule has 1 amide bonds. The summed E-state index contributed by atoms with van der Waals surface area (Å²) in [6.07, 6.45) is 0.771. The van der Waals surface area contributed by atoms with Crippen LogP contribution >= 0.6 is 0 Å². The predicted molar refractivity (Wildman–Crippen MR) is 71.1 cm³/mol. The fraction of sp³-hybridized carbons (Fsp3) is 0.846. The number of ether oxygens (including phenoxy) is 1. The van der Waals surface area contributed by atoms with Gasteiger partial charge in [0.25, 0.3) is 0 Å². The van der Waals surface area contributed by atoms with Crippen LogP contribution in [0.1, 0.15) is 40.5 Å². The first kappa shape index (κ1) is 15.8. The molecule has 1 rings (SSSR count). The van der Waals surface area contributed by atoms with Crippen LogP contribution in [-0.4, -0.2) is 52.8 Å². The monoisotopic (exact) mass is 272 g/mol. The summed E-state index contributed by atoms with van der Waals surface area (Å²) < 4.78 is 5.21. The molecular weight excluding hydrogens is 248 g/mol. The van der Waals surface area contributed by atoms with E-state index in [4.69, 9.17) is 9.84 Å². The lowest BCUT2D eigenvalue weighted by atomic mass is 9.98. The van der Waals surface area contributed by atoms with Gasteiger partial charge >= 0.3 is 12.1 Å². The average Bonchev–Trinajstić information content (AvgIpc) is 2.24. The van der Waals surface area contributed by atoms with Crippen LogP contribution < -0.4 is 5.32 Å². The summed E-state index contributed by atoms with van der Waals surface area (Å²) >= 11 is 0. The normalized spacial score (nSPS) is 24.1. The summed E-state index contributed by atoms with van der Waals surface area (Å²) in [5.74, 6) is -0.313. The molecule has 0 saturated carbocycles. The molecule has 0 aromatic carbocycles. The van der Waals surface area contributed by atoms with Gasteiger partial charge in [0.2, 0.25) is 0 Å². The molecular formula is C13H24N2O4. The molecule has 0 aromatic heterocycles. The van der Waals surface area contributed by atoms with Gasteiger partial charge in [-0.2, -0.15) is 0 Å². The van der Waals surface area contributed by atoms with E-state index >= 15 is 0 Å². The second-order valence-electron chi connectivity index (χ2n) is 5.93. The number of carboxylic acid groups (broad SMARTS) is 1. The second kappa shape index (κ2) is 6.23. The van der Waals surface area contributed by atoms with Crippen LogP contribution in [0.15, 0.2) is 0 Å². The van der Waals surface area contributed by atoms with E-state index in [1.54, 1.807) is 0 Å². The number of hydrogen-bond acceptors (Lipinski definition) is 4. The van der Waals surface area contributed by atoms with Gasteiger partial charge in [-0.25, -0.2) is 4.79 Å². The summed E-state index contributed by atoms with van der Waals surface area (Å²) in [5.41, 5.74) is -0.496. The first-order valence-electron chi connectivity index (χ1n) is 6.65. The third-order valence-electron chi connectivity index (χ3n) is 3.16. The van der Waals surface area contributed by atoms with E-state index in [0.717, 1.165) is 12.8 Å².